The number of hydrogen-bond donors (Lipinski definition) is 1. The van der Waals surface area contributed by atoms with E-state index in [1.165, 1.54) is 0 Å². The molecule has 5 nitrogen and oxygen atoms in total. The largest absolute Gasteiger partial charge is 0.497 e. The number of rotatable bonds is 5. The van der Waals surface area contributed by atoms with Crippen molar-refractivity contribution in [3.05, 3.63) is 29.8 Å². The zero-order chi connectivity index (χ0) is 15.2. The Bertz CT molecular complexity index is 507. The molecule has 0 radical (unpaired) electrons. The Labute approximate surface area is 124 Å². The normalized spacial score (nSPS) is 15.8. The van der Waals surface area contributed by atoms with E-state index in [1.54, 1.807) is 19.2 Å². The van der Waals surface area contributed by atoms with Gasteiger partial charge in [-0.15, -0.1) is 0 Å². The van der Waals surface area contributed by atoms with Gasteiger partial charge in [-0.25, -0.2) is 0 Å². The minimum absolute atomic E-state index is 0.0191. The van der Waals surface area contributed by atoms with Gasteiger partial charge in [0, 0.05) is 25.1 Å². The van der Waals surface area contributed by atoms with E-state index in [1.807, 2.05) is 17.0 Å². The molecule has 21 heavy (non-hydrogen) atoms. The van der Waals surface area contributed by atoms with Crippen molar-refractivity contribution in [3.8, 4) is 5.75 Å². The fourth-order valence-corrected chi connectivity index (χ4v) is 2.69. The number of carbonyl (C=O) groups excluding carboxylic acids is 1. The number of carboxylic acid groups (broad SMARTS) is 1. The van der Waals surface area contributed by atoms with Crippen molar-refractivity contribution >= 4 is 11.9 Å². The molecule has 0 bridgehead atoms. The van der Waals surface area contributed by atoms with E-state index in [2.05, 4.69) is 0 Å². The molecule has 0 spiro atoms. The fraction of sp³-hybridized carbons (Fsp3) is 0.500. The van der Waals surface area contributed by atoms with Crippen molar-refractivity contribution in [1.82, 2.24) is 4.90 Å². The first-order valence-corrected chi connectivity index (χ1v) is 7.25. The summed E-state index contributed by atoms with van der Waals surface area (Å²) in [5.41, 5.74) is 0.637. The van der Waals surface area contributed by atoms with Crippen molar-refractivity contribution in [2.45, 2.75) is 25.7 Å². The smallest absolute Gasteiger partial charge is 0.303 e. The number of benzene rings is 1. The molecule has 1 N–H and O–H groups in total. The number of ether oxygens (including phenoxy) is 1. The summed E-state index contributed by atoms with van der Waals surface area (Å²) < 4.78 is 5.14. The first-order valence-electron chi connectivity index (χ1n) is 7.25. The van der Waals surface area contributed by atoms with E-state index in [-0.39, 0.29) is 12.3 Å². The quantitative estimate of drug-likeness (QED) is 0.904. The monoisotopic (exact) mass is 291 g/mol. The summed E-state index contributed by atoms with van der Waals surface area (Å²) in [5, 5.41) is 8.71. The summed E-state index contributed by atoms with van der Waals surface area (Å²) in [6.07, 6.45) is 2.68. The van der Waals surface area contributed by atoms with Gasteiger partial charge in [0.15, 0.2) is 0 Å². The van der Waals surface area contributed by atoms with Crippen LogP contribution in [0.3, 0.4) is 0 Å². The number of hydrogen-bond acceptors (Lipinski definition) is 3. The van der Waals surface area contributed by atoms with E-state index in [9.17, 15) is 9.59 Å². The standard InChI is InChI=1S/C16H21NO4/c1-21-14-4-2-3-13(11-14)16(20)17-9-7-12(8-10-17)5-6-15(18)19/h2-4,11-12H,5-10H2,1H3,(H,18,19). The lowest BCUT2D eigenvalue weighted by Crippen LogP contribution is -2.38. The molecular formula is C16H21NO4. The van der Waals surface area contributed by atoms with Gasteiger partial charge in [0.25, 0.3) is 5.91 Å². The van der Waals surface area contributed by atoms with Crippen molar-refractivity contribution < 1.29 is 19.4 Å². The minimum atomic E-state index is -0.745. The maximum atomic E-state index is 12.4. The molecule has 0 aromatic heterocycles. The molecule has 0 atom stereocenters. The van der Waals surface area contributed by atoms with E-state index < -0.39 is 5.97 Å². The van der Waals surface area contributed by atoms with E-state index >= 15 is 0 Å². The van der Waals surface area contributed by atoms with Crippen LogP contribution < -0.4 is 4.74 Å². The Hall–Kier alpha value is -2.04. The van der Waals surface area contributed by atoms with E-state index in [4.69, 9.17) is 9.84 Å². The highest BCUT2D eigenvalue weighted by atomic mass is 16.5. The Morgan fingerprint density at radius 1 is 1.33 bits per heavy atom. The lowest BCUT2D eigenvalue weighted by atomic mass is 9.92. The third kappa shape index (κ3) is 4.21. The van der Waals surface area contributed by atoms with Crippen LogP contribution in [-0.2, 0) is 4.79 Å². The maximum Gasteiger partial charge on any atom is 0.303 e. The first-order chi connectivity index (χ1) is 10.1. The lowest BCUT2D eigenvalue weighted by molar-refractivity contribution is -0.137. The van der Waals surface area contributed by atoms with Gasteiger partial charge in [-0.05, 0) is 43.4 Å². The molecule has 0 aliphatic carbocycles. The van der Waals surface area contributed by atoms with Crippen molar-refractivity contribution in [3.63, 3.8) is 0 Å². The number of piperidine rings is 1. The molecule has 1 saturated heterocycles. The van der Waals surface area contributed by atoms with Gasteiger partial charge >= 0.3 is 5.97 Å². The average Bonchev–Trinajstić information content (AvgIpc) is 2.52. The molecular weight excluding hydrogens is 270 g/mol. The number of aliphatic carboxylic acids is 1. The van der Waals surface area contributed by atoms with Gasteiger partial charge < -0.3 is 14.7 Å². The number of nitrogens with zero attached hydrogens (tertiary/aromatic N) is 1. The number of carboxylic acids is 1. The molecule has 1 aromatic carbocycles. The van der Waals surface area contributed by atoms with Gasteiger partial charge in [0.05, 0.1) is 7.11 Å². The van der Waals surface area contributed by atoms with Crippen LogP contribution in [0, 0.1) is 5.92 Å². The van der Waals surface area contributed by atoms with Crippen molar-refractivity contribution in [1.29, 1.82) is 0 Å². The highest BCUT2D eigenvalue weighted by Gasteiger charge is 2.24. The summed E-state index contributed by atoms with van der Waals surface area (Å²) in [7, 11) is 1.58. The van der Waals surface area contributed by atoms with Crippen LogP contribution in [0.4, 0.5) is 0 Å². The SMILES string of the molecule is COc1cccc(C(=O)N2CCC(CCC(=O)O)CC2)c1. The summed E-state index contributed by atoms with van der Waals surface area (Å²) in [6.45, 7) is 1.39. The van der Waals surface area contributed by atoms with Gasteiger partial charge in [-0.1, -0.05) is 6.07 Å². The zero-order valence-corrected chi connectivity index (χ0v) is 12.2. The minimum Gasteiger partial charge on any atom is -0.497 e. The molecule has 114 valence electrons. The summed E-state index contributed by atoms with van der Waals surface area (Å²) in [4.78, 5) is 24.8. The van der Waals surface area contributed by atoms with Crippen LogP contribution in [0.2, 0.25) is 0 Å². The molecule has 1 amide bonds. The molecule has 1 aliphatic heterocycles. The number of likely N-dealkylation sites (tertiary alicyclic amines) is 1. The summed E-state index contributed by atoms with van der Waals surface area (Å²) in [6, 6.07) is 7.17. The first kappa shape index (κ1) is 15.4. The van der Waals surface area contributed by atoms with Crippen LogP contribution in [0.5, 0.6) is 5.75 Å². The van der Waals surface area contributed by atoms with Crippen LogP contribution in [0.1, 0.15) is 36.0 Å². The van der Waals surface area contributed by atoms with E-state index in [0.717, 1.165) is 12.8 Å². The fourth-order valence-electron chi connectivity index (χ4n) is 2.69. The topological polar surface area (TPSA) is 66.8 Å². The summed E-state index contributed by atoms with van der Waals surface area (Å²) >= 11 is 0. The van der Waals surface area contributed by atoms with Crippen LogP contribution in [-0.4, -0.2) is 42.1 Å². The second-order valence-electron chi connectivity index (χ2n) is 5.40. The third-order valence-electron chi connectivity index (χ3n) is 3.98. The lowest BCUT2D eigenvalue weighted by Gasteiger charge is -2.32. The average molecular weight is 291 g/mol. The molecule has 0 unspecified atom stereocenters. The molecule has 2 rings (SSSR count). The highest BCUT2D eigenvalue weighted by Crippen LogP contribution is 2.23. The predicted octanol–water partition coefficient (Wildman–Crippen LogP) is 2.41. The van der Waals surface area contributed by atoms with Crippen molar-refractivity contribution in [2.75, 3.05) is 20.2 Å². The molecule has 0 saturated carbocycles. The Morgan fingerprint density at radius 2 is 2.05 bits per heavy atom. The Kier molecular flexibility index (Phi) is 5.20. The van der Waals surface area contributed by atoms with Gasteiger partial charge in [0.2, 0.25) is 0 Å². The Morgan fingerprint density at radius 3 is 2.67 bits per heavy atom. The van der Waals surface area contributed by atoms with Crippen LogP contribution >= 0.6 is 0 Å². The maximum absolute atomic E-state index is 12.4. The van der Waals surface area contributed by atoms with Gasteiger partial charge in [-0.2, -0.15) is 0 Å². The molecule has 1 heterocycles. The summed E-state index contributed by atoms with van der Waals surface area (Å²) in [5.74, 6) is 0.364. The molecule has 1 aromatic rings. The zero-order valence-electron chi connectivity index (χ0n) is 12.2. The molecule has 1 fully saturated rings. The second-order valence-corrected chi connectivity index (χ2v) is 5.40. The molecule has 1 aliphatic rings. The Balaban J connectivity index is 1.89. The number of amides is 1. The van der Waals surface area contributed by atoms with Gasteiger partial charge in [-0.3, -0.25) is 9.59 Å². The molecule has 5 heteroatoms. The van der Waals surface area contributed by atoms with Gasteiger partial charge in [0.1, 0.15) is 5.75 Å². The van der Waals surface area contributed by atoms with Crippen LogP contribution in [0.25, 0.3) is 0 Å². The number of methoxy groups -OCH3 is 1. The van der Waals surface area contributed by atoms with Crippen LogP contribution in [0.15, 0.2) is 24.3 Å². The highest BCUT2D eigenvalue weighted by molar-refractivity contribution is 5.94. The van der Waals surface area contributed by atoms with E-state index in [0.29, 0.717) is 36.7 Å². The number of carbonyl (C=O) groups is 2. The van der Waals surface area contributed by atoms with Crippen molar-refractivity contribution in [2.24, 2.45) is 5.92 Å². The second kappa shape index (κ2) is 7.11. The third-order valence-corrected chi connectivity index (χ3v) is 3.98. The predicted molar refractivity (Wildman–Crippen MR) is 78.5 cm³/mol.